The molecule has 2 rings (SSSR count). The Bertz CT molecular complexity index is 381. The maximum atomic E-state index is 13.2. The summed E-state index contributed by atoms with van der Waals surface area (Å²) in [7, 11) is -2.00. The number of benzene rings is 1. The fourth-order valence-electron chi connectivity index (χ4n) is 1.48. The van der Waals surface area contributed by atoms with Crippen molar-refractivity contribution in [2.75, 3.05) is 6.61 Å². The molecule has 0 aromatic heterocycles. The summed E-state index contributed by atoms with van der Waals surface area (Å²) >= 11 is 0. The molecule has 1 aliphatic rings. The standard InChI is InChI=1S/C8H7BF2O3/c10-6-5(9(12)13)3-4-1-2-14-8(4)7(6)11/h3,12-13H,1-2H2. The summed E-state index contributed by atoms with van der Waals surface area (Å²) < 4.78 is 31.2. The van der Waals surface area contributed by atoms with Crippen LogP contribution in [-0.4, -0.2) is 23.8 Å². The fraction of sp³-hybridized carbons (Fsp3) is 0.250. The molecular weight excluding hydrogens is 193 g/mol. The third-order valence-corrected chi connectivity index (χ3v) is 2.16. The van der Waals surface area contributed by atoms with Gasteiger partial charge in [0.05, 0.1) is 6.61 Å². The van der Waals surface area contributed by atoms with Gasteiger partial charge in [-0.25, -0.2) is 4.39 Å². The third kappa shape index (κ3) is 1.27. The Balaban J connectivity index is 2.61. The van der Waals surface area contributed by atoms with Crippen LogP contribution in [0.4, 0.5) is 8.78 Å². The van der Waals surface area contributed by atoms with Crippen LogP contribution in [0.3, 0.4) is 0 Å². The normalized spacial score (nSPS) is 13.7. The van der Waals surface area contributed by atoms with Crippen molar-refractivity contribution in [2.45, 2.75) is 6.42 Å². The largest absolute Gasteiger partial charge is 0.491 e. The second kappa shape index (κ2) is 3.22. The zero-order chi connectivity index (χ0) is 10.3. The second-order valence-corrected chi connectivity index (χ2v) is 3.05. The molecule has 0 saturated heterocycles. The van der Waals surface area contributed by atoms with Crippen LogP contribution in [0, 0.1) is 11.6 Å². The Kier molecular flexibility index (Phi) is 2.17. The number of ether oxygens (including phenoxy) is 1. The molecule has 74 valence electrons. The summed E-state index contributed by atoms with van der Waals surface area (Å²) in [5.74, 6) is -2.53. The smallest absolute Gasteiger partial charge is 0.490 e. The van der Waals surface area contributed by atoms with E-state index in [4.69, 9.17) is 14.8 Å². The summed E-state index contributed by atoms with van der Waals surface area (Å²) in [6.45, 7) is 0.288. The molecule has 0 unspecified atom stereocenters. The van der Waals surface area contributed by atoms with E-state index in [9.17, 15) is 8.78 Å². The Hall–Kier alpha value is -1.14. The van der Waals surface area contributed by atoms with E-state index in [-0.39, 0.29) is 12.4 Å². The first-order valence-electron chi connectivity index (χ1n) is 4.11. The van der Waals surface area contributed by atoms with Crippen molar-refractivity contribution in [3.8, 4) is 5.75 Å². The number of hydrogen-bond acceptors (Lipinski definition) is 3. The quantitative estimate of drug-likeness (QED) is 0.605. The first-order valence-corrected chi connectivity index (χ1v) is 4.11. The number of rotatable bonds is 1. The molecule has 0 atom stereocenters. The van der Waals surface area contributed by atoms with E-state index in [0.717, 1.165) is 0 Å². The highest BCUT2D eigenvalue weighted by Crippen LogP contribution is 2.28. The van der Waals surface area contributed by atoms with Crippen molar-refractivity contribution in [3.63, 3.8) is 0 Å². The van der Waals surface area contributed by atoms with E-state index >= 15 is 0 Å². The van der Waals surface area contributed by atoms with Gasteiger partial charge in [0.2, 0.25) is 5.82 Å². The minimum atomic E-state index is -2.00. The maximum absolute atomic E-state index is 13.2. The molecule has 1 heterocycles. The molecule has 1 aliphatic heterocycles. The Morgan fingerprint density at radius 1 is 1.29 bits per heavy atom. The van der Waals surface area contributed by atoms with Crippen molar-refractivity contribution < 1.29 is 23.6 Å². The Morgan fingerprint density at radius 2 is 2.00 bits per heavy atom. The molecule has 1 aromatic carbocycles. The molecule has 1 aromatic rings. The van der Waals surface area contributed by atoms with Gasteiger partial charge in [-0.15, -0.1) is 0 Å². The molecule has 0 saturated carbocycles. The van der Waals surface area contributed by atoms with Gasteiger partial charge in [-0.2, -0.15) is 4.39 Å². The van der Waals surface area contributed by atoms with Gasteiger partial charge in [0.15, 0.2) is 11.6 Å². The molecule has 3 nitrogen and oxygen atoms in total. The highest BCUT2D eigenvalue weighted by Gasteiger charge is 2.27. The zero-order valence-electron chi connectivity index (χ0n) is 7.13. The van der Waals surface area contributed by atoms with E-state index in [1.165, 1.54) is 6.07 Å². The summed E-state index contributed by atoms with van der Waals surface area (Å²) in [4.78, 5) is 0. The van der Waals surface area contributed by atoms with Gasteiger partial charge in [-0.05, 0) is 0 Å². The number of hydrogen-bond donors (Lipinski definition) is 2. The van der Waals surface area contributed by atoms with E-state index in [0.29, 0.717) is 12.0 Å². The van der Waals surface area contributed by atoms with Crippen LogP contribution >= 0.6 is 0 Å². The van der Waals surface area contributed by atoms with Crippen LogP contribution in [0.1, 0.15) is 5.56 Å². The van der Waals surface area contributed by atoms with Gasteiger partial charge in [-0.3, -0.25) is 0 Å². The summed E-state index contributed by atoms with van der Waals surface area (Å²) in [5.41, 5.74) is 0.0127. The van der Waals surface area contributed by atoms with Crippen molar-refractivity contribution in [2.24, 2.45) is 0 Å². The van der Waals surface area contributed by atoms with Crippen LogP contribution in [-0.2, 0) is 6.42 Å². The summed E-state index contributed by atoms with van der Waals surface area (Å²) in [6, 6.07) is 1.21. The monoisotopic (exact) mass is 200 g/mol. The zero-order valence-corrected chi connectivity index (χ0v) is 7.13. The first kappa shape index (κ1) is 9.42. The molecule has 0 amide bonds. The van der Waals surface area contributed by atoms with Crippen molar-refractivity contribution in [1.82, 2.24) is 0 Å². The molecule has 0 spiro atoms. The van der Waals surface area contributed by atoms with Gasteiger partial charge in [0, 0.05) is 17.4 Å². The van der Waals surface area contributed by atoms with Crippen LogP contribution in [0.25, 0.3) is 0 Å². The lowest BCUT2D eigenvalue weighted by Crippen LogP contribution is -2.33. The second-order valence-electron chi connectivity index (χ2n) is 3.05. The van der Waals surface area contributed by atoms with Crippen LogP contribution in [0.5, 0.6) is 5.75 Å². The number of fused-ring (bicyclic) bond motifs is 1. The average Bonchev–Trinajstić information content (AvgIpc) is 2.58. The predicted octanol–water partition coefficient (Wildman–Crippen LogP) is -0.421. The van der Waals surface area contributed by atoms with Crippen molar-refractivity contribution >= 4 is 12.6 Å². The maximum Gasteiger partial charge on any atom is 0.491 e. The van der Waals surface area contributed by atoms with Crippen LogP contribution < -0.4 is 10.2 Å². The minimum Gasteiger partial charge on any atom is -0.490 e. The fourth-order valence-corrected chi connectivity index (χ4v) is 1.48. The average molecular weight is 200 g/mol. The molecule has 14 heavy (non-hydrogen) atoms. The van der Waals surface area contributed by atoms with E-state index < -0.39 is 24.2 Å². The molecule has 0 bridgehead atoms. The lowest BCUT2D eigenvalue weighted by molar-refractivity contribution is 0.332. The Morgan fingerprint density at radius 3 is 2.64 bits per heavy atom. The minimum absolute atomic E-state index is 0.119. The van der Waals surface area contributed by atoms with E-state index in [1.54, 1.807) is 0 Å². The Labute approximate surface area is 79.1 Å². The molecule has 0 radical (unpaired) electrons. The summed E-state index contributed by atoms with van der Waals surface area (Å²) in [5, 5.41) is 17.5. The molecule has 0 fully saturated rings. The van der Waals surface area contributed by atoms with E-state index in [2.05, 4.69) is 0 Å². The third-order valence-electron chi connectivity index (χ3n) is 2.16. The van der Waals surface area contributed by atoms with Gasteiger partial charge < -0.3 is 14.8 Å². The first-order chi connectivity index (χ1) is 6.61. The highest BCUT2D eigenvalue weighted by molar-refractivity contribution is 6.58. The summed E-state index contributed by atoms with van der Waals surface area (Å²) in [6.07, 6.45) is 0.451. The van der Waals surface area contributed by atoms with E-state index in [1.807, 2.05) is 0 Å². The van der Waals surface area contributed by atoms with Crippen LogP contribution in [0.15, 0.2) is 6.07 Å². The predicted molar refractivity (Wildman–Crippen MR) is 45.4 cm³/mol. The van der Waals surface area contributed by atoms with Gasteiger partial charge in [0.1, 0.15) is 0 Å². The molecular formula is C8H7BF2O3. The highest BCUT2D eigenvalue weighted by atomic mass is 19.2. The van der Waals surface area contributed by atoms with Crippen molar-refractivity contribution in [1.29, 1.82) is 0 Å². The molecule has 6 heteroatoms. The molecule has 0 aliphatic carbocycles. The molecule has 2 N–H and O–H groups in total. The number of halogens is 2. The lowest BCUT2D eigenvalue weighted by atomic mass is 9.78. The van der Waals surface area contributed by atoms with Gasteiger partial charge >= 0.3 is 7.12 Å². The lowest BCUT2D eigenvalue weighted by Gasteiger charge is -2.06. The van der Waals surface area contributed by atoms with Crippen LogP contribution in [0.2, 0.25) is 0 Å². The topological polar surface area (TPSA) is 49.7 Å². The van der Waals surface area contributed by atoms with Gasteiger partial charge in [-0.1, -0.05) is 6.07 Å². The van der Waals surface area contributed by atoms with Crippen molar-refractivity contribution in [3.05, 3.63) is 23.3 Å². The van der Waals surface area contributed by atoms with Gasteiger partial charge in [0.25, 0.3) is 0 Å². The SMILES string of the molecule is OB(O)c1cc2c(c(F)c1F)OCC2.